The highest BCUT2D eigenvalue weighted by molar-refractivity contribution is 9.10. The van der Waals surface area contributed by atoms with Crippen molar-refractivity contribution in [2.24, 2.45) is 0 Å². The van der Waals surface area contributed by atoms with Gasteiger partial charge in [0.05, 0.1) is 0 Å². The minimum Gasteiger partial charge on any atom is -0.387 e. The fourth-order valence-corrected chi connectivity index (χ4v) is 1.57. The molecule has 0 saturated heterocycles. The highest BCUT2D eigenvalue weighted by Crippen LogP contribution is 2.24. The molecule has 1 N–H and O–H groups in total. The van der Waals surface area contributed by atoms with Gasteiger partial charge in [0.15, 0.2) is 0 Å². The van der Waals surface area contributed by atoms with Crippen molar-refractivity contribution < 1.29 is 0 Å². The molecular formula is C7H7BrClN. The Balaban J connectivity index is 3.07. The molecule has 1 aromatic carbocycles. The van der Waals surface area contributed by atoms with E-state index in [9.17, 15) is 0 Å². The predicted molar refractivity (Wildman–Crippen MR) is 48.7 cm³/mol. The van der Waals surface area contributed by atoms with E-state index < -0.39 is 0 Å². The first-order valence-corrected chi connectivity index (χ1v) is 4.04. The standard InChI is InChI=1S/C7H7BrClN/c1-10-7-3-2-5(9)4-6(7)8/h2-4,10H,1H3. The molecule has 1 nitrogen and oxygen atoms in total. The largest absolute Gasteiger partial charge is 0.387 e. The zero-order chi connectivity index (χ0) is 7.56. The molecule has 0 aromatic heterocycles. The number of hydrogen-bond donors (Lipinski definition) is 1. The molecule has 0 amide bonds. The summed E-state index contributed by atoms with van der Waals surface area (Å²) in [4.78, 5) is 0. The summed E-state index contributed by atoms with van der Waals surface area (Å²) < 4.78 is 0.988. The molecule has 0 heterocycles. The third-order valence-electron chi connectivity index (χ3n) is 1.20. The van der Waals surface area contributed by atoms with Crippen LogP contribution in [0.25, 0.3) is 0 Å². The second-order valence-corrected chi connectivity index (χ2v) is 3.16. The Morgan fingerprint density at radius 1 is 1.50 bits per heavy atom. The number of halogens is 2. The summed E-state index contributed by atoms with van der Waals surface area (Å²) >= 11 is 9.08. The van der Waals surface area contributed by atoms with E-state index in [2.05, 4.69) is 21.2 Å². The molecule has 10 heavy (non-hydrogen) atoms. The summed E-state index contributed by atoms with van der Waals surface area (Å²) in [6, 6.07) is 5.62. The van der Waals surface area contributed by atoms with Crippen molar-refractivity contribution in [3.8, 4) is 0 Å². The molecule has 1 rings (SSSR count). The van der Waals surface area contributed by atoms with Crippen molar-refractivity contribution >= 4 is 33.2 Å². The van der Waals surface area contributed by atoms with Gasteiger partial charge in [-0.05, 0) is 34.1 Å². The van der Waals surface area contributed by atoms with Crippen molar-refractivity contribution in [3.63, 3.8) is 0 Å². The normalized spacial score (nSPS) is 9.50. The fourth-order valence-electron chi connectivity index (χ4n) is 0.692. The lowest BCUT2D eigenvalue weighted by Crippen LogP contribution is -1.87. The van der Waals surface area contributed by atoms with Gasteiger partial charge in [0.25, 0.3) is 0 Å². The van der Waals surface area contributed by atoms with E-state index in [0.29, 0.717) is 0 Å². The summed E-state index contributed by atoms with van der Waals surface area (Å²) in [6.07, 6.45) is 0. The van der Waals surface area contributed by atoms with Crippen molar-refractivity contribution in [3.05, 3.63) is 27.7 Å². The Morgan fingerprint density at radius 3 is 2.70 bits per heavy atom. The number of anilines is 1. The fraction of sp³-hybridized carbons (Fsp3) is 0.143. The molecule has 0 fully saturated rings. The van der Waals surface area contributed by atoms with Crippen LogP contribution < -0.4 is 5.32 Å². The van der Waals surface area contributed by atoms with Crippen LogP contribution in [-0.4, -0.2) is 7.05 Å². The first-order valence-electron chi connectivity index (χ1n) is 2.87. The number of hydrogen-bond acceptors (Lipinski definition) is 1. The highest BCUT2D eigenvalue weighted by atomic mass is 79.9. The molecule has 0 radical (unpaired) electrons. The van der Waals surface area contributed by atoms with Gasteiger partial charge in [0.2, 0.25) is 0 Å². The molecule has 0 aliphatic rings. The zero-order valence-electron chi connectivity index (χ0n) is 5.49. The van der Waals surface area contributed by atoms with Gasteiger partial charge in [-0.1, -0.05) is 11.6 Å². The van der Waals surface area contributed by atoms with Crippen molar-refractivity contribution in [2.75, 3.05) is 12.4 Å². The van der Waals surface area contributed by atoms with Crippen LogP contribution in [0.4, 0.5) is 5.69 Å². The molecule has 0 unspecified atom stereocenters. The second-order valence-electron chi connectivity index (χ2n) is 1.87. The maximum Gasteiger partial charge on any atom is 0.0483 e. The zero-order valence-corrected chi connectivity index (χ0v) is 7.83. The van der Waals surface area contributed by atoms with Gasteiger partial charge in [-0.25, -0.2) is 0 Å². The summed E-state index contributed by atoms with van der Waals surface area (Å²) in [7, 11) is 1.87. The van der Waals surface area contributed by atoms with Gasteiger partial charge in [-0.15, -0.1) is 0 Å². The van der Waals surface area contributed by atoms with Crippen LogP contribution in [0.1, 0.15) is 0 Å². The van der Waals surface area contributed by atoms with E-state index in [0.717, 1.165) is 15.2 Å². The van der Waals surface area contributed by atoms with Crippen LogP contribution in [0.3, 0.4) is 0 Å². The highest BCUT2D eigenvalue weighted by Gasteiger charge is 1.95. The third kappa shape index (κ3) is 1.64. The number of rotatable bonds is 1. The molecule has 0 spiro atoms. The van der Waals surface area contributed by atoms with E-state index in [1.165, 1.54) is 0 Å². The Labute approximate surface area is 73.5 Å². The molecule has 0 aliphatic carbocycles. The molecule has 0 saturated carbocycles. The van der Waals surface area contributed by atoms with Gasteiger partial charge in [-0.3, -0.25) is 0 Å². The maximum atomic E-state index is 5.72. The number of benzene rings is 1. The maximum absolute atomic E-state index is 5.72. The average molecular weight is 220 g/mol. The van der Waals surface area contributed by atoms with Gasteiger partial charge < -0.3 is 5.32 Å². The molecule has 3 heteroatoms. The van der Waals surface area contributed by atoms with Gasteiger partial charge >= 0.3 is 0 Å². The lowest BCUT2D eigenvalue weighted by atomic mass is 10.3. The van der Waals surface area contributed by atoms with E-state index in [1.807, 2.05) is 25.2 Å². The SMILES string of the molecule is CNc1ccc(Cl)cc1Br. The second kappa shape index (κ2) is 3.26. The number of nitrogens with one attached hydrogen (secondary N) is 1. The average Bonchev–Trinajstić information content (AvgIpc) is 1.88. The lowest BCUT2D eigenvalue weighted by Gasteiger charge is -2.01. The molecule has 54 valence electrons. The van der Waals surface area contributed by atoms with Crippen molar-refractivity contribution in [2.45, 2.75) is 0 Å². The van der Waals surface area contributed by atoms with Crippen LogP contribution in [-0.2, 0) is 0 Å². The Bertz CT molecular complexity index is 237. The van der Waals surface area contributed by atoms with Crippen LogP contribution >= 0.6 is 27.5 Å². The quantitative estimate of drug-likeness (QED) is 0.767. The monoisotopic (exact) mass is 219 g/mol. The summed E-state index contributed by atoms with van der Waals surface area (Å²) in [5, 5.41) is 3.76. The van der Waals surface area contributed by atoms with E-state index >= 15 is 0 Å². The minimum atomic E-state index is 0.742. The van der Waals surface area contributed by atoms with Crippen molar-refractivity contribution in [1.82, 2.24) is 0 Å². The molecular weight excluding hydrogens is 213 g/mol. The van der Waals surface area contributed by atoms with Crippen LogP contribution in [0, 0.1) is 0 Å². The van der Waals surface area contributed by atoms with Gasteiger partial charge in [-0.2, -0.15) is 0 Å². The Kier molecular flexibility index (Phi) is 2.57. The summed E-state index contributed by atoms with van der Waals surface area (Å²) in [5.74, 6) is 0. The summed E-state index contributed by atoms with van der Waals surface area (Å²) in [6.45, 7) is 0. The van der Waals surface area contributed by atoms with E-state index in [-0.39, 0.29) is 0 Å². The molecule has 0 atom stereocenters. The lowest BCUT2D eigenvalue weighted by molar-refractivity contribution is 1.49. The van der Waals surface area contributed by atoms with Crippen LogP contribution in [0.5, 0.6) is 0 Å². The molecule has 0 aliphatic heterocycles. The smallest absolute Gasteiger partial charge is 0.0483 e. The van der Waals surface area contributed by atoms with Crippen molar-refractivity contribution in [1.29, 1.82) is 0 Å². The first-order chi connectivity index (χ1) is 4.74. The minimum absolute atomic E-state index is 0.742. The third-order valence-corrected chi connectivity index (χ3v) is 2.09. The Morgan fingerprint density at radius 2 is 2.20 bits per heavy atom. The van der Waals surface area contributed by atoms with Crippen LogP contribution in [0.15, 0.2) is 22.7 Å². The van der Waals surface area contributed by atoms with Crippen LogP contribution in [0.2, 0.25) is 5.02 Å². The van der Waals surface area contributed by atoms with Gasteiger partial charge in [0.1, 0.15) is 0 Å². The topological polar surface area (TPSA) is 12.0 Å². The van der Waals surface area contributed by atoms with Gasteiger partial charge in [0, 0.05) is 22.2 Å². The first kappa shape index (κ1) is 7.89. The Hall–Kier alpha value is -0.210. The predicted octanol–water partition coefficient (Wildman–Crippen LogP) is 3.14. The molecule has 0 bridgehead atoms. The van der Waals surface area contributed by atoms with E-state index in [4.69, 9.17) is 11.6 Å². The van der Waals surface area contributed by atoms with E-state index in [1.54, 1.807) is 0 Å². The summed E-state index contributed by atoms with van der Waals surface area (Å²) in [5.41, 5.74) is 1.05. The molecule has 1 aromatic rings.